The Morgan fingerprint density at radius 2 is 1.88 bits per heavy atom. The van der Waals surface area contributed by atoms with E-state index in [1.807, 2.05) is 29.6 Å². The molecule has 0 fully saturated rings. The number of ether oxygens (including phenoxy) is 3. The standard InChI is InChI=1S/C25H24N2O5S/c1-15(2)32-25(29)18-7-5-6-16(10-18)12-27-14-26-23-22(24(27)28)19(13-33-23)17-8-9-20(30-3)21(11-17)31-4/h5-11,13-15H,12H2,1-4H3. The molecule has 0 bridgehead atoms. The summed E-state index contributed by atoms with van der Waals surface area (Å²) in [6, 6.07) is 12.6. The van der Waals surface area contributed by atoms with Crippen molar-refractivity contribution in [2.75, 3.05) is 14.2 Å². The highest BCUT2D eigenvalue weighted by atomic mass is 32.1. The zero-order valence-electron chi connectivity index (χ0n) is 18.8. The van der Waals surface area contributed by atoms with Crippen LogP contribution in [0.25, 0.3) is 21.3 Å². The summed E-state index contributed by atoms with van der Waals surface area (Å²) in [7, 11) is 3.16. The molecule has 33 heavy (non-hydrogen) atoms. The molecule has 2 aromatic carbocycles. The first kappa shape index (κ1) is 22.5. The number of fused-ring (bicyclic) bond motifs is 1. The van der Waals surface area contributed by atoms with Crippen LogP contribution < -0.4 is 15.0 Å². The Morgan fingerprint density at radius 3 is 2.61 bits per heavy atom. The number of thiophene rings is 1. The molecular formula is C25H24N2O5S. The summed E-state index contributed by atoms with van der Waals surface area (Å²) in [6.45, 7) is 3.89. The smallest absolute Gasteiger partial charge is 0.338 e. The van der Waals surface area contributed by atoms with Crippen LogP contribution in [0.1, 0.15) is 29.8 Å². The van der Waals surface area contributed by atoms with Crippen molar-refractivity contribution in [1.82, 2.24) is 9.55 Å². The number of methoxy groups -OCH3 is 2. The quantitative estimate of drug-likeness (QED) is 0.367. The predicted molar refractivity (Wildman–Crippen MR) is 129 cm³/mol. The fraction of sp³-hybridized carbons (Fsp3) is 0.240. The largest absolute Gasteiger partial charge is 0.493 e. The molecule has 4 rings (SSSR count). The van der Waals surface area contributed by atoms with E-state index in [4.69, 9.17) is 14.2 Å². The second-order valence-electron chi connectivity index (χ2n) is 7.73. The van der Waals surface area contributed by atoms with E-state index in [-0.39, 0.29) is 24.2 Å². The summed E-state index contributed by atoms with van der Waals surface area (Å²) in [5.74, 6) is 0.817. The first-order chi connectivity index (χ1) is 15.9. The maximum Gasteiger partial charge on any atom is 0.338 e. The molecule has 7 nitrogen and oxygen atoms in total. The third kappa shape index (κ3) is 4.61. The second kappa shape index (κ2) is 9.46. The Kier molecular flexibility index (Phi) is 6.46. The molecule has 0 radical (unpaired) electrons. The van der Waals surface area contributed by atoms with Gasteiger partial charge in [-0.1, -0.05) is 18.2 Å². The normalized spacial score (nSPS) is 11.1. The summed E-state index contributed by atoms with van der Waals surface area (Å²) in [5, 5.41) is 2.47. The molecule has 0 spiro atoms. The number of esters is 1. The van der Waals surface area contributed by atoms with Gasteiger partial charge in [0.15, 0.2) is 11.5 Å². The van der Waals surface area contributed by atoms with Gasteiger partial charge in [0.25, 0.3) is 5.56 Å². The van der Waals surface area contributed by atoms with Crippen LogP contribution in [-0.4, -0.2) is 35.8 Å². The zero-order valence-corrected chi connectivity index (χ0v) is 19.6. The Hall–Kier alpha value is -3.65. The van der Waals surface area contributed by atoms with Gasteiger partial charge >= 0.3 is 5.97 Å². The number of carbonyl (C=O) groups excluding carboxylic acids is 1. The molecule has 0 aliphatic rings. The van der Waals surface area contributed by atoms with Crippen molar-refractivity contribution < 1.29 is 19.0 Å². The van der Waals surface area contributed by atoms with Gasteiger partial charge in [0, 0.05) is 10.9 Å². The van der Waals surface area contributed by atoms with E-state index >= 15 is 0 Å². The molecule has 0 aliphatic carbocycles. The third-order valence-corrected chi connectivity index (χ3v) is 6.00. The summed E-state index contributed by atoms with van der Waals surface area (Å²) in [4.78, 5) is 30.8. The number of nitrogens with zero attached hydrogens (tertiary/aromatic N) is 2. The van der Waals surface area contributed by atoms with Crippen molar-refractivity contribution in [2.24, 2.45) is 0 Å². The minimum absolute atomic E-state index is 0.152. The number of hydrogen-bond acceptors (Lipinski definition) is 7. The third-order valence-electron chi connectivity index (χ3n) is 5.11. The highest BCUT2D eigenvalue weighted by Gasteiger charge is 2.16. The van der Waals surface area contributed by atoms with Gasteiger partial charge in [-0.3, -0.25) is 9.36 Å². The number of rotatable bonds is 7. The fourth-order valence-electron chi connectivity index (χ4n) is 3.57. The Labute approximate surface area is 195 Å². The summed E-state index contributed by atoms with van der Waals surface area (Å²) < 4.78 is 17.6. The van der Waals surface area contributed by atoms with E-state index in [1.165, 1.54) is 11.3 Å². The monoisotopic (exact) mass is 464 g/mol. The van der Waals surface area contributed by atoms with E-state index in [1.54, 1.807) is 57.2 Å². The lowest BCUT2D eigenvalue weighted by Crippen LogP contribution is -2.21. The SMILES string of the molecule is COc1ccc(-c2csc3ncn(Cc4cccc(C(=O)OC(C)C)c4)c(=O)c23)cc1OC. The minimum atomic E-state index is -0.388. The van der Waals surface area contributed by atoms with Crippen molar-refractivity contribution >= 4 is 27.5 Å². The van der Waals surface area contributed by atoms with Gasteiger partial charge in [-0.2, -0.15) is 0 Å². The van der Waals surface area contributed by atoms with Crippen LogP contribution >= 0.6 is 11.3 Å². The lowest BCUT2D eigenvalue weighted by molar-refractivity contribution is 0.0377. The van der Waals surface area contributed by atoms with E-state index in [0.717, 1.165) is 16.7 Å². The number of hydrogen-bond donors (Lipinski definition) is 0. The van der Waals surface area contributed by atoms with Crippen LogP contribution in [0.2, 0.25) is 0 Å². The molecule has 0 saturated carbocycles. The highest BCUT2D eigenvalue weighted by Crippen LogP contribution is 2.36. The van der Waals surface area contributed by atoms with Crippen molar-refractivity contribution in [3.8, 4) is 22.6 Å². The maximum atomic E-state index is 13.4. The molecule has 170 valence electrons. The van der Waals surface area contributed by atoms with Gasteiger partial charge in [-0.25, -0.2) is 9.78 Å². The molecule has 2 heterocycles. The van der Waals surface area contributed by atoms with Crippen LogP contribution in [0, 0.1) is 0 Å². The van der Waals surface area contributed by atoms with Crippen molar-refractivity contribution in [3.05, 3.63) is 75.7 Å². The lowest BCUT2D eigenvalue weighted by Gasteiger charge is -2.11. The summed E-state index contributed by atoms with van der Waals surface area (Å²) >= 11 is 1.42. The van der Waals surface area contributed by atoms with Crippen LogP contribution in [0.15, 0.2) is 59.0 Å². The van der Waals surface area contributed by atoms with E-state index in [9.17, 15) is 9.59 Å². The summed E-state index contributed by atoms with van der Waals surface area (Å²) in [6.07, 6.45) is 1.34. The van der Waals surface area contributed by atoms with Gasteiger partial charge in [-0.05, 0) is 49.2 Å². The molecule has 4 aromatic rings. The van der Waals surface area contributed by atoms with Gasteiger partial charge in [-0.15, -0.1) is 11.3 Å². The molecule has 2 aromatic heterocycles. The summed E-state index contributed by atoms with van der Waals surface area (Å²) in [5.41, 5.74) is 2.73. The molecule has 0 unspecified atom stereocenters. The van der Waals surface area contributed by atoms with Crippen molar-refractivity contribution in [1.29, 1.82) is 0 Å². The van der Waals surface area contributed by atoms with Gasteiger partial charge in [0.1, 0.15) is 4.83 Å². The van der Waals surface area contributed by atoms with Crippen molar-refractivity contribution in [3.63, 3.8) is 0 Å². The first-order valence-corrected chi connectivity index (χ1v) is 11.3. The number of aromatic nitrogens is 2. The predicted octanol–water partition coefficient (Wildman–Crippen LogP) is 4.76. The van der Waals surface area contributed by atoms with Crippen molar-refractivity contribution in [2.45, 2.75) is 26.5 Å². The van der Waals surface area contributed by atoms with E-state index in [0.29, 0.717) is 27.3 Å². The Balaban J connectivity index is 1.71. The fourth-order valence-corrected chi connectivity index (χ4v) is 4.48. The lowest BCUT2D eigenvalue weighted by atomic mass is 10.1. The first-order valence-electron chi connectivity index (χ1n) is 10.4. The molecule has 8 heteroatoms. The van der Waals surface area contributed by atoms with E-state index in [2.05, 4.69) is 4.98 Å². The van der Waals surface area contributed by atoms with Crippen LogP contribution in [0.4, 0.5) is 0 Å². The molecule has 0 aliphatic heterocycles. The van der Waals surface area contributed by atoms with Gasteiger partial charge in [0.05, 0.1) is 44.1 Å². The topological polar surface area (TPSA) is 79.7 Å². The minimum Gasteiger partial charge on any atom is -0.493 e. The molecule has 0 amide bonds. The zero-order chi connectivity index (χ0) is 23.5. The van der Waals surface area contributed by atoms with E-state index < -0.39 is 0 Å². The highest BCUT2D eigenvalue weighted by molar-refractivity contribution is 7.17. The van der Waals surface area contributed by atoms with Crippen LogP contribution in [0.5, 0.6) is 11.5 Å². The Morgan fingerprint density at radius 1 is 1.09 bits per heavy atom. The van der Waals surface area contributed by atoms with Gasteiger partial charge in [0.2, 0.25) is 0 Å². The molecule has 0 N–H and O–H groups in total. The molecular weight excluding hydrogens is 440 g/mol. The average Bonchev–Trinajstić information content (AvgIpc) is 3.25. The van der Waals surface area contributed by atoms with Crippen LogP contribution in [-0.2, 0) is 11.3 Å². The second-order valence-corrected chi connectivity index (χ2v) is 8.59. The molecule has 0 atom stereocenters. The van der Waals surface area contributed by atoms with Gasteiger partial charge < -0.3 is 14.2 Å². The maximum absolute atomic E-state index is 13.4. The number of benzene rings is 2. The average molecular weight is 465 g/mol. The Bertz CT molecular complexity index is 1370. The number of carbonyl (C=O) groups is 1. The van der Waals surface area contributed by atoms with Crippen LogP contribution in [0.3, 0.4) is 0 Å². The molecule has 0 saturated heterocycles.